The van der Waals surface area contributed by atoms with E-state index >= 15 is 0 Å². The van der Waals surface area contributed by atoms with E-state index in [9.17, 15) is 9.90 Å². The number of methoxy groups -OCH3 is 1. The molecular formula is C12H15NO3. The van der Waals surface area contributed by atoms with Gasteiger partial charge < -0.3 is 9.84 Å². The number of hydrogen-bond acceptors (Lipinski definition) is 3. The molecule has 86 valence electrons. The third-order valence-electron chi connectivity index (χ3n) is 3.10. The van der Waals surface area contributed by atoms with Crippen LogP contribution in [0.4, 0.5) is 0 Å². The highest BCUT2D eigenvalue weighted by molar-refractivity contribution is 5.81. The number of ether oxygens (including phenoxy) is 1. The van der Waals surface area contributed by atoms with E-state index in [1.165, 1.54) is 0 Å². The minimum absolute atomic E-state index is 0.634. The average molecular weight is 221 g/mol. The summed E-state index contributed by atoms with van der Waals surface area (Å²) in [5.41, 5.74) is -0.120. The lowest BCUT2D eigenvalue weighted by Gasteiger charge is -2.25. The van der Waals surface area contributed by atoms with Gasteiger partial charge >= 0.3 is 5.97 Å². The van der Waals surface area contributed by atoms with Crippen molar-refractivity contribution < 1.29 is 14.6 Å². The lowest BCUT2D eigenvalue weighted by molar-refractivity contribution is -0.144. The zero-order valence-electron chi connectivity index (χ0n) is 9.19. The Morgan fingerprint density at radius 2 is 2.12 bits per heavy atom. The van der Waals surface area contributed by atoms with Gasteiger partial charge in [0.25, 0.3) is 0 Å². The summed E-state index contributed by atoms with van der Waals surface area (Å²) < 4.78 is 5.06. The van der Waals surface area contributed by atoms with Crippen LogP contribution in [0.2, 0.25) is 0 Å². The highest BCUT2D eigenvalue weighted by Crippen LogP contribution is 2.32. The molecule has 1 atom stereocenters. The first-order chi connectivity index (χ1) is 7.69. The topological polar surface area (TPSA) is 58.6 Å². The summed E-state index contributed by atoms with van der Waals surface area (Å²) in [7, 11) is 1.59. The maximum atomic E-state index is 11.4. The van der Waals surface area contributed by atoms with Crippen LogP contribution in [-0.4, -0.2) is 24.7 Å². The van der Waals surface area contributed by atoms with E-state index in [0.717, 1.165) is 24.3 Å². The molecule has 1 aromatic carbocycles. The van der Waals surface area contributed by atoms with Crippen molar-refractivity contribution >= 4 is 5.97 Å². The Bertz CT molecular complexity index is 380. The van der Waals surface area contributed by atoms with Gasteiger partial charge in [0.05, 0.1) is 7.11 Å². The quantitative estimate of drug-likeness (QED) is 0.809. The van der Waals surface area contributed by atoms with Crippen molar-refractivity contribution in [2.45, 2.75) is 18.4 Å². The molecule has 1 unspecified atom stereocenters. The molecule has 0 radical (unpaired) electrons. The predicted octanol–water partition coefficient (Wildman–Crippen LogP) is 1.36. The van der Waals surface area contributed by atoms with E-state index < -0.39 is 11.5 Å². The molecule has 2 rings (SSSR count). The standard InChI is InChI=1S/C12H15NO3/c1-16-10-5-3-9(4-6-10)12(11(14)15)7-2-8-13-12/h3-6,13H,2,7-8H2,1H3,(H,14,15). The Morgan fingerprint density at radius 3 is 2.56 bits per heavy atom. The molecule has 1 aromatic rings. The van der Waals surface area contributed by atoms with Gasteiger partial charge in [-0.05, 0) is 37.1 Å². The molecule has 1 heterocycles. The van der Waals surface area contributed by atoms with E-state index in [-0.39, 0.29) is 0 Å². The second-order valence-electron chi connectivity index (χ2n) is 3.97. The minimum atomic E-state index is -0.910. The van der Waals surface area contributed by atoms with E-state index in [1.807, 2.05) is 12.1 Å². The summed E-state index contributed by atoms with van der Waals surface area (Å²) in [4.78, 5) is 11.4. The van der Waals surface area contributed by atoms with Crippen molar-refractivity contribution in [2.24, 2.45) is 0 Å². The third-order valence-corrected chi connectivity index (χ3v) is 3.10. The zero-order valence-corrected chi connectivity index (χ0v) is 9.19. The summed E-state index contributed by atoms with van der Waals surface area (Å²) in [5.74, 6) is -0.0718. The number of carbonyl (C=O) groups is 1. The highest BCUT2D eigenvalue weighted by Gasteiger charge is 2.42. The third kappa shape index (κ3) is 1.65. The summed E-state index contributed by atoms with van der Waals surface area (Å²) >= 11 is 0. The van der Waals surface area contributed by atoms with Crippen LogP contribution in [0.5, 0.6) is 5.75 Å². The molecule has 0 bridgehead atoms. The maximum absolute atomic E-state index is 11.4. The monoisotopic (exact) mass is 221 g/mol. The van der Waals surface area contributed by atoms with Crippen LogP contribution in [0.1, 0.15) is 18.4 Å². The molecule has 1 saturated heterocycles. The summed E-state index contributed by atoms with van der Waals surface area (Å²) in [5, 5.41) is 12.4. The molecule has 4 nitrogen and oxygen atoms in total. The van der Waals surface area contributed by atoms with Gasteiger partial charge in [-0.3, -0.25) is 5.32 Å². The summed E-state index contributed by atoms with van der Waals surface area (Å²) in [6, 6.07) is 7.20. The SMILES string of the molecule is COc1ccc(C2(C(=O)O)CCCN2)cc1. The molecule has 1 aliphatic rings. The van der Waals surface area contributed by atoms with E-state index in [4.69, 9.17) is 4.74 Å². The van der Waals surface area contributed by atoms with Gasteiger partial charge in [-0.25, -0.2) is 4.79 Å². The number of carboxylic acid groups (broad SMARTS) is 1. The second kappa shape index (κ2) is 4.14. The molecule has 1 fully saturated rings. The fourth-order valence-corrected chi connectivity index (χ4v) is 2.17. The van der Waals surface area contributed by atoms with Crippen LogP contribution in [0.3, 0.4) is 0 Å². The minimum Gasteiger partial charge on any atom is -0.497 e. The first-order valence-electron chi connectivity index (χ1n) is 5.32. The van der Waals surface area contributed by atoms with Gasteiger partial charge in [0.15, 0.2) is 0 Å². The van der Waals surface area contributed by atoms with Crippen LogP contribution < -0.4 is 10.1 Å². The fraction of sp³-hybridized carbons (Fsp3) is 0.417. The van der Waals surface area contributed by atoms with Crippen molar-refractivity contribution in [3.63, 3.8) is 0 Å². The van der Waals surface area contributed by atoms with Crippen LogP contribution in [-0.2, 0) is 10.3 Å². The van der Waals surface area contributed by atoms with Gasteiger partial charge in [-0.1, -0.05) is 12.1 Å². The zero-order chi connectivity index (χ0) is 11.6. The van der Waals surface area contributed by atoms with Crippen molar-refractivity contribution in [3.8, 4) is 5.75 Å². The van der Waals surface area contributed by atoms with Crippen molar-refractivity contribution in [2.75, 3.05) is 13.7 Å². The normalized spacial score (nSPS) is 24.3. The molecule has 1 aliphatic heterocycles. The van der Waals surface area contributed by atoms with Crippen LogP contribution >= 0.6 is 0 Å². The Labute approximate surface area is 94.2 Å². The first-order valence-corrected chi connectivity index (χ1v) is 5.32. The average Bonchev–Trinajstić information content (AvgIpc) is 2.79. The second-order valence-corrected chi connectivity index (χ2v) is 3.97. The molecule has 4 heteroatoms. The molecule has 0 aromatic heterocycles. The van der Waals surface area contributed by atoms with Crippen molar-refractivity contribution in [1.82, 2.24) is 5.32 Å². The molecule has 2 N–H and O–H groups in total. The number of nitrogens with one attached hydrogen (secondary N) is 1. The maximum Gasteiger partial charge on any atom is 0.328 e. The van der Waals surface area contributed by atoms with Gasteiger partial charge in [-0.15, -0.1) is 0 Å². The van der Waals surface area contributed by atoms with Crippen LogP contribution in [0.15, 0.2) is 24.3 Å². The Balaban J connectivity index is 2.36. The molecule has 0 spiro atoms. The van der Waals surface area contributed by atoms with Gasteiger partial charge in [0.2, 0.25) is 0 Å². The van der Waals surface area contributed by atoms with Gasteiger partial charge in [0.1, 0.15) is 11.3 Å². The molecule has 0 saturated carbocycles. The van der Waals surface area contributed by atoms with E-state index in [1.54, 1.807) is 19.2 Å². The smallest absolute Gasteiger partial charge is 0.328 e. The number of hydrogen-bond donors (Lipinski definition) is 2. The Kier molecular flexibility index (Phi) is 2.83. The fourth-order valence-electron chi connectivity index (χ4n) is 2.17. The number of benzene rings is 1. The Morgan fingerprint density at radius 1 is 1.44 bits per heavy atom. The van der Waals surface area contributed by atoms with Crippen LogP contribution in [0, 0.1) is 0 Å². The lowest BCUT2D eigenvalue weighted by atomic mass is 9.88. The molecular weight excluding hydrogens is 206 g/mol. The van der Waals surface area contributed by atoms with E-state index in [2.05, 4.69) is 5.32 Å². The van der Waals surface area contributed by atoms with Gasteiger partial charge in [0, 0.05) is 0 Å². The van der Waals surface area contributed by atoms with Crippen molar-refractivity contribution in [1.29, 1.82) is 0 Å². The number of aliphatic carboxylic acids is 1. The number of rotatable bonds is 3. The van der Waals surface area contributed by atoms with Gasteiger partial charge in [-0.2, -0.15) is 0 Å². The van der Waals surface area contributed by atoms with Crippen LogP contribution in [0.25, 0.3) is 0 Å². The van der Waals surface area contributed by atoms with E-state index in [0.29, 0.717) is 6.42 Å². The molecule has 0 aliphatic carbocycles. The predicted molar refractivity (Wildman–Crippen MR) is 59.5 cm³/mol. The Hall–Kier alpha value is -1.55. The summed E-state index contributed by atoms with van der Waals surface area (Å²) in [6.45, 7) is 0.748. The number of carboxylic acids is 1. The molecule has 0 amide bonds. The van der Waals surface area contributed by atoms with Crippen molar-refractivity contribution in [3.05, 3.63) is 29.8 Å². The lowest BCUT2D eigenvalue weighted by Crippen LogP contribution is -2.44. The highest BCUT2D eigenvalue weighted by atomic mass is 16.5. The molecule has 16 heavy (non-hydrogen) atoms. The largest absolute Gasteiger partial charge is 0.497 e. The summed E-state index contributed by atoms with van der Waals surface area (Å²) in [6.07, 6.45) is 1.52. The first kappa shape index (κ1) is 11.0.